The lowest BCUT2D eigenvalue weighted by molar-refractivity contribution is -0.127. The molecule has 0 aromatic carbocycles. The number of carbonyl (C=O) groups excluding carboxylic acids is 2. The van der Waals surface area contributed by atoms with Crippen LogP contribution >= 0.6 is 0 Å². The van der Waals surface area contributed by atoms with Crippen molar-refractivity contribution in [2.45, 2.75) is 32.7 Å². The Morgan fingerprint density at radius 3 is 2.69 bits per heavy atom. The maximum Gasteiger partial charge on any atom is 0.239 e. The molecule has 1 fully saturated rings. The second kappa shape index (κ2) is 6.48. The first-order valence-electron chi connectivity index (χ1n) is 5.87. The topological polar surface area (TPSA) is 70.2 Å². The fraction of sp³-hybridized carbons (Fsp3) is 0.818. The fourth-order valence-corrected chi connectivity index (χ4v) is 1.58. The number of hydrogen-bond acceptors (Lipinski definition) is 3. The molecule has 0 unspecified atom stereocenters. The van der Waals surface area contributed by atoms with Gasteiger partial charge in [-0.25, -0.2) is 0 Å². The summed E-state index contributed by atoms with van der Waals surface area (Å²) in [4.78, 5) is 22.9. The van der Waals surface area contributed by atoms with Gasteiger partial charge < -0.3 is 16.0 Å². The van der Waals surface area contributed by atoms with Crippen LogP contribution in [0.2, 0.25) is 0 Å². The van der Waals surface area contributed by atoms with Crippen molar-refractivity contribution in [2.75, 3.05) is 19.6 Å². The van der Waals surface area contributed by atoms with Gasteiger partial charge in [0.05, 0.1) is 12.6 Å². The van der Waals surface area contributed by atoms with E-state index in [0.29, 0.717) is 12.5 Å². The van der Waals surface area contributed by atoms with Gasteiger partial charge in [-0.3, -0.25) is 9.59 Å². The van der Waals surface area contributed by atoms with Crippen molar-refractivity contribution in [3.05, 3.63) is 0 Å². The maximum atomic E-state index is 11.5. The summed E-state index contributed by atoms with van der Waals surface area (Å²) in [6.45, 7) is 5.67. The molecule has 1 rings (SSSR count). The summed E-state index contributed by atoms with van der Waals surface area (Å²) in [5.41, 5.74) is 0. The Morgan fingerprint density at radius 1 is 1.38 bits per heavy atom. The minimum absolute atomic E-state index is 0.0720. The summed E-state index contributed by atoms with van der Waals surface area (Å²) in [5, 5.41) is 8.48. The lowest BCUT2D eigenvalue weighted by Gasteiger charge is -2.11. The molecule has 1 aliphatic heterocycles. The molecule has 2 amide bonds. The van der Waals surface area contributed by atoms with Gasteiger partial charge >= 0.3 is 0 Å². The van der Waals surface area contributed by atoms with E-state index in [0.717, 1.165) is 19.4 Å². The molecule has 0 saturated carbocycles. The predicted molar refractivity (Wildman–Crippen MR) is 61.9 cm³/mol. The summed E-state index contributed by atoms with van der Waals surface area (Å²) >= 11 is 0. The molecule has 0 aromatic heterocycles. The zero-order valence-corrected chi connectivity index (χ0v) is 10.0. The van der Waals surface area contributed by atoms with Gasteiger partial charge in [0.25, 0.3) is 0 Å². The Balaban J connectivity index is 2.13. The SMILES string of the molecule is CC(C)CNC(=O)CNC(=O)[C@H]1CCCN1. The highest BCUT2D eigenvalue weighted by atomic mass is 16.2. The molecule has 0 bridgehead atoms. The van der Waals surface area contributed by atoms with Crippen LogP contribution in [0.5, 0.6) is 0 Å². The first kappa shape index (κ1) is 13.0. The van der Waals surface area contributed by atoms with Crippen LogP contribution in [0, 0.1) is 5.92 Å². The molecule has 5 nitrogen and oxygen atoms in total. The highest BCUT2D eigenvalue weighted by Crippen LogP contribution is 2.03. The number of rotatable bonds is 5. The lowest BCUT2D eigenvalue weighted by Crippen LogP contribution is -2.45. The van der Waals surface area contributed by atoms with Crippen molar-refractivity contribution in [2.24, 2.45) is 5.92 Å². The van der Waals surface area contributed by atoms with Crippen LogP contribution in [-0.2, 0) is 9.59 Å². The Labute approximate surface area is 96.4 Å². The number of carbonyl (C=O) groups is 2. The molecule has 3 N–H and O–H groups in total. The molecular formula is C11H21N3O2. The van der Waals surface area contributed by atoms with E-state index < -0.39 is 0 Å². The van der Waals surface area contributed by atoms with E-state index in [1.165, 1.54) is 0 Å². The van der Waals surface area contributed by atoms with Crippen LogP contribution in [0.4, 0.5) is 0 Å². The second-order valence-electron chi connectivity index (χ2n) is 4.56. The minimum atomic E-state index is -0.125. The van der Waals surface area contributed by atoms with Crippen LogP contribution in [0.1, 0.15) is 26.7 Å². The highest BCUT2D eigenvalue weighted by Gasteiger charge is 2.21. The van der Waals surface area contributed by atoms with Crippen LogP contribution in [0.25, 0.3) is 0 Å². The van der Waals surface area contributed by atoms with Gasteiger partial charge in [0, 0.05) is 6.54 Å². The molecule has 0 spiro atoms. The molecule has 16 heavy (non-hydrogen) atoms. The van der Waals surface area contributed by atoms with Gasteiger partial charge in [-0.15, -0.1) is 0 Å². The van der Waals surface area contributed by atoms with Crippen molar-refractivity contribution in [1.82, 2.24) is 16.0 Å². The molecule has 92 valence electrons. The van der Waals surface area contributed by atoms with Crippen LogP contribution in [0.3, 0.4) is 0 Å². The highest BCUT2D eigenvalue weighted by molar-refractivity contribution is 5.87. The Kier molecular flexibility index (Phi) is 5.25. The first-order valence-corrected chi connectivity index (χ1v) is 5.87. The molecule has 0 aliphatic carbocycles. The summed E-state index contributed by atoms with van der Waals surface area (Å²) in [7, 11) is 0. The molecule has 1 aliphatic rings. The summed E-state index contributed by atoms with van der Waals surface area (Å²) in [5.74, 6) is 0.230. The normalized spacial score (nSPS) is 19.8. The van der Waals surface area contributed by atoms with Crippen molar-refractivity contribution in [3.63, 3.8) is 0 Å². The molecule has 0 radical (unpaired) electrons. The van der Waals surface area contributed by atoms with Crippen LogP contribution in [-0.4, -0.2) is 37.5 Å². The van der Waals surface area contributed by atoms with Crippen molar-refractivity contribution < 1.29 is 9.59 Å². The third-order valence-electron chi connectivity index (χ3n) is 2.51. The zero-order valence-electron chi connectivity index (χ0n) is 10.0. The van der Waals surface area contributed by atoms with Gasteiger partial charge in [-0.2, -0.15) is 0 Å². The zero-order chi connectivity index (χ0) is 12.0. The summed E-state index contributed by atoms with van der Waals surface area (Å²) < 4.78 is 0. The maximum absolute atomic E-state index is 11.5. The average molecular weight is 227 g/mol. The van der Waals surface area contributed by atoms with E-state index in [2.05, 4.69) is 16.0 Å². The van der Waals surface area contributed by atoms with E-state index in [1.807, 2.05) is 13.8 Å². The van der Waals surface area contributed by atoms with Crippen LogP contribution in [0.15, 0.2) is 0 Å². The second-order valence-corrected chi connectivity index (χ2v) is 4.56. The molecular weight excluding hydrogens is 206 g/mol. The van der Waals surface area contributed by atoms with E-state index in [4.69, 9.17) is 0 Å². The molecule has 1 heterocycles. The largest absolute Gasteiger partial charge is 0.354 e. The molecule has 5 heteroatoms. The first-order chi connectivity index (χ1) is 7.59. The monoisotopic (exact) mass is 227 g/mol. The van der Waals surface area contributed by atoms with Gasteiger partial charge in [0.1, 0.15) is 0 Å². The number of nitrogens with one attached hydrogen (secondary N) is 3. The van der Waals surface area contributed by atoms with Gasteiger partial charge in [0.15, 0.2) is 0 Å². The quantitative estimate of drug-likeness (QED) is 0.600. The minimum Gasteiger partial charge on any atom is -0.354 e. The Bertz CT molecular complexity index is 248. The predicted octanol–water partition coefficient (Wildman–Crippen LogP) is -0.373. The van der Waals surface area contributed by atoms with E-state index in [-0.39, 0.29) is 24.4 Å². The van der Waals surface area contributed by atoms with Crippen LogP contribution < -0.4 is 16.0 Å². The Morgan fingerprint density at radius 2 is 2.12 bits per heavy atom. The Hall–Kier alpha value is -1.10. The standard InChI is InChI=1S/C11H21N3O2/c1-8(2)6-13-10(15)7-14-11(16)9-4-3-5-12-9/h8-9,12H,3-7H2,1-2H3,(H,13,15)(H,14,16)/t9-/m1/s1. The number of hydrogen-bond donors (Lipinski definition) is 3. The lowest BCUT2D eigenvalue weighted by atomic mass is 10.2. The van der Waals surface area contributed by atoms with E-state index >= 15 is 0 Å². The van der Waals surface area contributed by atoms with Crippen molar-refractivity contribution in [1.29, 1.82) is 0 Å². The number of amides is 2. The molecule has 1 atom stereocenters. The third kappa shape index (κ3) is 4.61. The van der Waals surface area contributed by atoms with Crippen molar-refractivity contribution in [3.8, 4) is 0 Å². The van der Waals surface area contributed by atoms with Crippen molar-refractivity contribution >= 4 is 11.8 Å². The summed E-state index contributed by atoms with van der Waals surface area (Å²) in [6.07, 6.45) is 1.89. The average Bonchev–Trinajstić information content (AvgIpc) is 2.76. The van der Waals surface area contributed by atoms with Gasteiger partial charge in [0.2, 0.25) is 11.8 Å². The smallest absolute Gasteiger partial charge is 0.239 e. The molecule has 0 aromatic rings. The third-order valence-corrected chi connectivity index (χ3v) is 2.51. The van der Waals surface area contributed by atoms with Gasteiger partial charge in [-0.05, 0) is 25.3 Å². The van der Waals surface area contributed by atoms with Gasteiger partial charge in [-0.1, -0.05) is 13.8 Å². The molecule has 1 saturated heterocycles. The summed E-state index contributed by atoms with van der Waals surface area (Å²) in [6, 6.07) is -0.113. The van der Waals surface area contributed by atoms with E-state index in [1.54, 1.807) is 0 Å². The van der Waals surface area contributed by atoms with E-state index in [9.17, 15) is 9.59 Å². The fourth-order valence-electron chi connectivity index (χ4n) is 1.58.